The van der Waals surface area contributed by atoms with Gasteiger partial charge in [0.1, 0.15) is 5.75 Å². The van der Waals surface area contributed by atoms with Crippen LogP contribution < -0.4 is 4.74 Å². The molecule has 0 amide bonds. The van der Waals surface area contributed by atoms with Crippen LogP contribution in [0.1, 0.15) is 38.7 Å². The number of hydrogen-bond donors (Lipinski definition) is 0. The summed E-state index contributed by atoms with van der Waals surface area (Å²) < 4.78 is 10.5. The highest BCUT2D eigenvalue weighted by molar-refractivity contribution is 5.78. The Morgan fingerprint density at radius 2 is 2.00 bits per heavy atom. The smallest absolute Gasteiger partial charge is 0.313 e. The normalized spacial score (nSPS) is 11.9. The summed E-state index contributed by atoms with van der Waals surface area (Å²) in [7, 11) is 0. The van der Waals surface area contributed by atoms with Crippen LogP contribution >= 0.6 is 0 Å². The Balaban J connectivity index is 2.87. The highest BCUT2D eigenvalue weighted by Gasteiger charge is 2.20. The van der Waals surface area contributed by atoms with E-state index < -0.39 is 0 Å². The van der Waals surface area contributed by atoms with Crippen LogP contribution in [-0.2, 0) is 9.53 Å². The van der Waals surface area contributed by atoms with E-state index >= 15 is 0 Å². The van der Waals surface area contributed by atoms with Gasteiger partial charge in [0.2, 0.25) is 0 Å². The summed E-state index contributed by atoms with van der Waals surface area (Å²) in [5.41, 5.74) is 0.955. The molecule has 0 saturated carbocycles. The van der Waals surface area contributed by atoms with Crippen molar-refractivity contribution in [3.05, 3.63) is 29.8 Å². The molecule has 0 fully saturated rings. The summed E-state index contributed by atoms with van der Waals surface area (Å²) in [4.78, 5) is 11.8. The molecular formula is C14H20O3. The van der Waals surface area contributed by atoms with E-state index in [1.54, 1.807) is 0 Å². The van der Waals surface area contributed by atoms with Gasteiger partial charge in [-0.05, 0) is 38.0 Å². The van der Waals surface area contributed by atoms with E-state index in [1.165, 1.54) is 0 Å². The van der Waals surface area contributed by atoms with Gasteiger partial charge in [-0.1, -0.05) is 19.1 Å². The van der Waals surface area contributed by atoms with Crippen molar-refractivity contribution in [1.29, 1.82) is 0 Å². The molecule has 0 spiro atoms. The number of esters is 1. The fourth-order valence-electron chi connectivity index (χ4n) is 1.77. The van der Waals surface area contributed by atoms with E-state index in [0.717, 1.165) is 17.7 Å². The molecule has 1 unspecified atom stereocenters. The summed E-state index contributed by atoms with van der Waals surface area (Å²) in [5.74, 6) is 0.437. The van der Waals surface area contributed by atoms with Crippen LogP contribution in [0.5, 0.6) is 5.75 Å². The molecule has 94 valence electrons. The third-order valence-corrected chi connectivity index (χ3v) is 2.55. The summed E-state index contributed by atoms with van der Waals surface area (Å²) >= 11 is 0. The standard InChI is InChI=1S/C14H20O3/c1-4-13(14(15)17-6-3)11-8-7-9-12(10-11)16-5-2/h7-10,13H,4-6H2,1-3H3. The van der Waals surface area contributed by atoms with Gasteiger partial charge in [-0.3, -0.25) is 4.79 Å². The molecule has 3 heteroatoms. The van der Waals surface area contributed by atoms with E-state index in [1.807, 2.05) is 45.0 Å². The fraction of sp³-hybridized carbons (Fsp3) is 0.500. The molecule has 1 rings (SSSR count). The minimum Gasteiger partial charge on any atom is -0.494 e. The first kappa shape index (κ1) is 13.6. The van der Waals surface area contributed by atoms with Gasteiger partial charge in [-0.2, -0.15) is 0 Å². The first-order chi connectivity index (χ1) is 8.22. The van der Waals surface area contributed by atoms with Crippen LogP contribution in [0.3, 0.4) is 0 Å². The first-order valence-electron chi connectivity index (χ1n) is 6.12. The largest absolute Gasteiger partial charge is 0.494 e. The number of carbonyl (C=O) groups excluding carboxylic acids is 1. The van der Waals surface area contributed by atoms with Crippen molar-refractivity contribution in [2.45, 2.75) is 33.1 Å². The highest BCUT2D eigenvalue weighted by Crippen LogP contribution is 2.24. The quantitative estimate of drug-likeness (QED) is 0.712. The van der Waals surface area contributed by atoms with Gasteiger partial charge in [0.15, 0.2) is 0 Å². The van der Waals surface area contributed by atoms with E-state index in [0.29, 0.717) is 13.2 Å². The molecule has 0 aliphatic rings. The molecule has 0 radical (unpaired) electrons. The lowest BCUT2D eigenvalue weighted by molar-refractivity contribution is -0.145. The molecule has 17 heavy (non-hydrogen) atoms. The lowest BCUT2D eigenvalue weighted by atomic mass is 9.96. The Kier molecular flexibility index (Phi) is 5.53. The summed E-state index contributed by atoms with van der Waals surface area (Å²) in [5, 5.41) is 0. The zero-order valence-electron chi connectivity index (χ0n) is 10.7. The van der Waals surface area contributed by atoms with Crippen molar-refractivity contribution in [3.63, 3.8) is 0 Å². The van der Waals surface area contributed by atoms with Crippen molar-refractivity contribution in [1.82, 2.24) is 0 Å². The topological polar surface area (TPSA) is 35.5 Å². The summed E-state index contributed by atoms with van der Waals surface area (Å²) in [6.45, 7) is 6.78. The van der Waals surface area contributed by atoms with E-state index in [4.69, 9.17) is 9.47 Å². The van der Waals surface area contributed by atoms with Crippen molar-refractivity contribution in [2.75, 3.05) is 13.2 Å². The predicted octanol–water partition coefficient (Wildman–Crippen LogP) is 3.14. The minimum atomic E-state index is -0.199. The number of carbonyl (C=O) groups is 1. The molecule has 1 atom stereocenters. The average Bonchev–Trinajstić information content (AvgIpc) is 2.31. The molecule has 1 aromatic carbocycles. The van der Waals surface area contributed by atoms with Crippen molar-refractivity contribution in [2.24, 2.45) is 0 Å². The predicted molar refractivity (Wildman–Crippen MR) is 67.3 cm³/mol. The van der Waals surface area contributed by atoms with E-state index in [2.05, 4.69) is 0 Å². The average molecular weight is 236 g/mol. The van der Waals surface area contributed by atoms with Gasteiger partial charge in [0, 0.05) is 0 Å². The maximum absolute atomic E-state index is 11.8. The molecule has 3 nitrogen and oxygen atoms in total. The Bertz CT molecular complexity index is 360. The maximum atomic E-state index is 11.8. The SMILES string of the molecule is CCOC(=O)C(CC)c1cccc(OCC)c1. The number of hydrogen-bond acceptors (Lipinski definition) is 3. The third kappa shape index (κ3) is 3.77. The second-order valence-corrected chi connectivity index (χ2v) is 3.72. The first-order valence-corrected chi connectivity index (χ1v) is 6.12. The van der Waals surface area contributed by atoms with E-state index in [9.17, 15) is 4.79 Å². The van der Waals surface area contributed by atoms with Crippen molar-refractivity contribution >= 4 is 5.97 Å². The van der Waals surface area contributed by atoms with Crippen LogP contribution in [0.15, 0.2) is 24.3 Å². The lowest BCUT2D eigenvalue weighted by Crippen LogP contribution is -2.15. The highest BCUT2D eigenvalue weighted by atomic mass is 16.5. The fourth-order valence-corrected chi connectivity index (χ4v) is 1.77. The van der Waals surface area contributed by atoms with Gasteiger partial charge < -0.3 is 9.47 Å². The molecule has 0 aromatic heterocycles. The van der Waals surface area contributed by atoms with Crippen molar-refractivity contribution < 1.29 is 14.3 Å². The molecule has 0 heterocycles. The minimum absolute atomic E-state index is 0.163. The van der Waals surface area contributed by atoms with Gasteiger partial charge in [0.25, 0.3) is 0 Å². The van der Waals surface area contributed by atoms with Crippen molar-refractivity contribution in [3.8, 4) is 5.75 Å². The van der Waals surface area contributed by atoms with Crippen LogP contribution in [-0.4, -0.2) is 19.2 Å². The van der Waals surface area contributed by atoms with Crippen LogP contribution in [0, 0.1) is 0 Å². The molecule has 0 N–H and O–H groups in total. The Hall–Kier alpha value is -1.51. The molecule has 0 bridgehead atoms. The van der Waals surface area contributed by atoms with Crippen LogP contribution in [0.4, 0.5) is 0 Å². The van der Waals surface area contributed by atoms with Gasteiger partial charge in [-0.25, -0.2) is 0 Å². The summed E-state index contributed by atoms with van der Waals surface area (Å²) in [6.07, 6.45) is 0.731. The second-order valence-electron chi connectivity index (χ2n) is 3.72. The monoisotopic (exact) mass is 236 g/mol. The number of ether oxygens (including phenoxy) is 2. The Morgan fingerprint density at radius 3 is 2.59 bits per heavy atom. The second kappa shape index (κ2) is 6.94. The van der Waals surface area contributed by atoms with Crippen LogP contribution in [0.2, 0.25) is 0 Å². The number of rotatable bonds is 6. The molecule has 0 aliphatic carbocycles. The van der Waals surface area contributed by atoms with E-state index in [-0.39, 0.29) is 11.9 Å². The zero-order chi connectivity index (χ0) is 12.7. The Morgan fingerprint density at radius 1 is 1.24 bits per heavy atom. The maximum Gasteiger partial charge on any atom is 0.313 e. The van der Waals surface area contributed by atoms with Gasteiger partial charge in [-0.15, -0.1) is 0 Å². The zero-order valence-corrected chi connectivity index (χ0v) is 10.7. The Labute approximate surface area is 103 Å². The molecule has 0 saturated heterocycles. The van der Waals surface area contributed by atoms with Gasteiger partial charge >= 0.3 is 5.97 Å². The molecule has 1 aromatic rings. The third-order valence-electron chi connectivity index (χ3n) is 2.55. The van der Waals surface area contributed by atoms with Crippen LogP contribution in [0.25, 0.3) is 0 Å². The molecular weight excluding hydrogens is 216 g/mol. The molecule has 0 aliphatic heterocycles. The lowest BCUT2D eigenvalue weighted by Gasteiger charge is -2.14. The van der Waals surface area contributed by atoms with Gasteiger partial charge in [0.05, 0.1) is 19.1 Å². The summed E-state index contributed by atoms with van der Waals surface area (Å²) in [6, 6.07) is 7.65. The number of benzene rings is 1.